The van der Waals surface area contributed by atoms with Gasteiger partial charge in [0.1, 0.15) is 5.58 Å². The third-order valence-corrected chi connectivity index (χ3v) is 5.54. The van der Waals surface area contributed by atoms with E-state index in [2.05, 4.69) is 55.6 Å². The summed E-state index contributed by atoms with van der Waals surface area (Å²) in [6, 6.07) is 6.36. The monoisotopic (exact) mass is 360 g/mol. The van der Waals surface area contributed by atoms with Crippen molar-refractivity contribution in [2.45, 2.75) is 38.6 Å². The summed E-state index contributed by atoms with van der Waals surface area (Å²) in [5.74, 6) is 0.890. The van der Waals surface area contributed by atoms with Crippen LogP contribution in [-0.2, 0) is 12.8 Å². The summed E-state index contributed by atoms with van der Waals surface area (Å²) < 4.78 is 5.55. The molecule has 1 aromatic heterocycles. The van der Waals surface area contributed by atoms with Crippen molar-refractivity contribution in [3.8, 4) is 0 Å². The molecular weight excluding hydrogens is 332 g/mol. The highest BCUT2D eigenvalue weighted by atomic mass is 32.1. The van der Waals surface area contributed by atoms with Gasteiger partial charge in [-0.05, 0) is 69.6 Å². The molecule has 1 atom stereocenters. The Morgan fingerprint density at radius 3 is 2.84 bits per heavy atom. The Morgan fingerprint density at radius 1 is 1.32 bits per heavy atom. The van der Waals surface area contributed by atoms with Crippen molar-refractivity contribution in [1.29, 1.82) is 0 Å². The van der Waals surface area contributed by atoms with Crippen LogP contribution in [0.25, 0.3) is 11.0 Å². The third-order valence-electron chi connectivity index (χ3n) is 5.23. The van der Waals surface area contributed by atoms with Crippen molar-refractivity contribution < 1.29 is 4.42 Å². The smallest absolute Gasteiger partial charge is 0.336 e. The molecule has 136 valence electrons. The van der Waals surface area contributed by atoms with E-state index in [9.17, 15) is 4.79 Å². The lowest BCUT2D eigenvalue weighted by molar-refractivity contribution is 0.312. The zero-order valence-corrected chi connectivity index (χ0v) is 16.3. The highest BCUT2D eigenvalue weighted by molar-refractivity contribution is 7.80. The van der Waals surface area contributed by atoms with E-state index in [0.717, 1.165) is 49.1 Å². The highest BCUT2D eigenvalue weighted by Gasteiger charge is 2.20. The fraction of sp³-hybridized carbons (Fsp3) is 0.550. The predicted octanol–water partition coefficient (Wildman–Crippen LogP) is 3.36. The maximum Gasteiger partial charge on any atom is 0.336 e. The molecule has 0 amide bonds. The highest BCUT2D eigenvalue weighted by Crippen LogP contribution is 2.33. The summed E-state index contributed by atoms with van der Waals surface area (Å²) in [5.41, 5.74) is 4.13. The molecule has 1 aliphatic rings. The van der Waals surface area contributed by atoms with Crippen LogP contribution in [0.3, 0.4) is 0 Å². The van der Waals surface area contributed by atoms with Gasteiger partial charge in [0, 0.05) is 42.3 Å². The molecule has 0 saturated heterocycles. The number of aryl methyl sites for hydroxylation is 1. The summed E-state index contributed by atoms with van der Waals surface area (Å²) in [5, 5.41) is 1.09. The SMILES string of the molecule is CC(Cc1cc(=O)oc2cc3c(cc12)CCCN3CCCS)N(C)C. The minimum Gasteiger partial charge on any atom is -0.423 e. The van der Waals surface area contributed by atoms with Gasteiger partial charge in [-0.25, -0.2) is 4.79 Å². The molecule has 0 radical (unpaired) electrons. The average Bonchev–Trinajstić information content (AvgIpc) is 2.58. The Labute approximate surface area is 155 Å². The molecule has 25 heavy (non-hydrogen) atoms. The van der Waals surface area contributed by atoms with Gasteiger partial charge in [-0.1, -0.05) is 0 Å². The molecule has 0 bridgehead atoms. The molecule has 0 saturated carbocycles. The molecule has 5 heteroatoms. The van der Waals surface area contributed by atoms with Crippen LogP contribution in [-0.4, -0.2) is 43.9 Å². The van der Waals surface area contributed by atoms with Crippen molar-refractivity contribution in [2.75, 3.05) is 37.8 Å². The number of fused-ring (bicyclic) bond motifs is 2. The first-order valence-corrected chi connectivity index (χ1v) is 9.74. The van der Waals surface area contributed by atoms with E-state index in [1.807, 2.05) is 0 Å². The molecule has 2 aromatic rings. The minimum absolute atomic E-state index is 0.258. The normalized spacial score (nSPS) is 15.6. The third kappa shape index (κ3) is 4.04. The Hall–Kier alpha value is -1.46. The summed E-state index contributed by atoms with van der Waals surface area (Å²) >= 11 is 4.33. The number of hydrogen-bond acceptors (Lipinski definition) is 5. The van der Waals surface area contributed by atoms with Gasteiger partial charge in [0.25, 0.3) is 0 Å². The maximum atomic E-state index is 12.1. The minimum atomic E-state index is -0.258. The lowest BCUT2D eigenvalue weighted by Crippen LogP contribution is -2.30. The lowest BCUT2D eigenvalue weighted by atomic mass is 9.96. The zero-order chi connectivity index (χ0) is 18.0. The molecule has 0 aliphatic carbocycles. The summed E-state index contributed by atoms with van der Waals surface area (Å²) in [4.78, 5) is 16.7. The van der Waals surface area contributed by atoms with Gasteiger partial charge in [-0.15, -0.1) is 0 Å². The molecule has 0 spiro atoms. The fourth-order valence-electron chi connectivity index (χ4n) is 3.55. The van der Waals surface area contributed by atoms with Crippen molar-refractivity contribution >= 4 is 29.3 Å². The van der Waals surface area contributed by atoms with Crippen LogP contribution in [0.1, 0.15) is 30.9 Å². The van der Waals surface area contributed by atoms with E-state index >= 15 is 0 Å². The number of hydrogen-bond donors (Lipinski definition) is 1. The standard InChI is InChI=1S/C20H28N2O2S/c1-14(21(2)3)10-16-12-20(23)24-19-13-18-15(11-17(16)19)6-4-7-22(18)8-5-9-25/h11-14,25H,4-10H2,1-3H3. The number of benzene rings is 1. The Bertz CT molecular complexity index is 800. The summed E-state index contributed by atoms with van der Waals surface area (Å²) in [6.07, 6.45) is 4.16. The van der Waals surface area contributed by atoms with Gasteiger partial charge < -0.3 is 14.2 Å². The van der Waals surface area contributed by atoms with Crippen LogP contribution in [0, 0.1) is 0 Å². The molecule has 0 fully saturated rings. The zero-order valence-electron chi connectivity index (χ0n) is 15.4. The topological polar surface area (TPSA) is 36.7 Å². The van der Waals surface area contributed by atoms with Crippen molar-refractivity contribution in [1.82, 2.24) is 4.90 Å². The average molecular weight is 361 g/mol. The quantitative estimate of drug-likeness (QED) is 0.633. The van der Waals surface area contributed by atoms with Crippen LogP contribution in [0.4, 0.5) is 5.69 Å². The molecule has 0 N–H and O–H groups in total. The number of rotatable bonds is 6. The Kier molecular flexibility index (Phi) is 5.74. The summed E-state index contributed by atoms with van der Waals surface area (Å²) in [7, 11) is 4.14. The first-order chi connectivity index (χ1) is 12.0. The van der Waals surface area contributed by atoms with Gasteiger partial charge in [0.2, 0.25) is 0 Å². The second kappa shape index (κ2) is 7.83. The van der Waals surface area contributed by atoms with E-state index in [1.165, 1.54) is 17.7 Å². The van der Waals surface area contributed by atoms with E-state index in [4.69, 9.17) is 4.42 Å². The second-order valence-corrected chi connectivity index (χ2v) is 7.70. The Balaban J connectivity index is 2.05. The molecular formula is C20H28N2O2S. The van der Waals surface area contributed by atoms with Gasteiger partial charge in [-0.2, -0.15) is 12.6 Å². The first-order valence-electron chi connectivity index (χ1n) is 9.11. The van der Waals surface area contributed by atoms with Crippen LogP contribution in [0.5, 0.6) is 0 Å². The number of thiol groups is 1. The van der Waals surface area contributed by atoms with Crippen LogP contribution >= 0.6 is 12.6 Å². The molecule has 3 rings (SSSR count). The van der Waals surface area contributed by atoms with E-state index < -0.39 is 0 Å². The maximum absolute atomic E-state index is 12.1. The van der Waals surface area contributed by atoms with Gasteiger partial charge in [-0.3, -0.25) is 0 Å². The van der Waals surface area contributed by atoms with Crippen LogP contribution in [0.15, 0.2) is 27.4 Å². The molecule has 1 aliphatic heterocycles. The van der Waals surface area contributed by atoms with E-state index in [-0.39, 0.29) is 5.63 Å². The fourth-order valence-corrected chi connectivity index (χ4v) is 3.69. The largest absolute Gasteiger partial charge is 0.423 e. The molecule has 2 heterocycles. The van der Waals surface area contributed by atoms with Gasteiger partial charge >= 0.3 is 5.63 Å². The van der Waals surface area contributed by atoms with Gasteiger partial charge in [0.15, 0.2) is 0 Å². The van der Waals surface area contributed by atoms with Gasteiger partial charge in [0.05, 0.1) is 0 Å². The molecule has 1 aromatic carbocycles. The Morgan fingerprint density at radius 2 is 2.12 bits per heavy atom. The van der Waals surface area contributed by atoms with Crippen molar-refractivity contribution in [3.05, 3.63) is 39.7 Å². The first kappa shape index (κ1) is 18.3. The molecule has 4 nitrogen and oxygen atoms in total. The summed E-state index contributed by atoms with van der Waals surface area (Å²) in [6.45, 7) is 4.25. The number of anilines is 1. The van der Waals surface area contributed by atoms with Crippen LogP contribution in [0.2, 0.25) is 0 Å². The van der Waals surface area contributed by atoms with Crippen LogP contribution < -0.4 is 10.5 Å². The molecule has 1 unspecified atom stereocenters. The second-order valence-electron chi connectivity index (χ2n) is 7.25. The van der Waals surface area contributed by atoms with Crippen molar-refractivity contribution in [3.63, 3.8) is 0 Å². The van der Waals surface area contributed by atoms with E-state index in [1.54, 1.807) is 6.07 Å². The van der Waals surface area contributed by atoms with E-state index in [0.29, 0.717) is 11.6 Å². The number of likely N-dealkylation sites (N-methyl/N-ethyl adjacent to an activating group) is 1. The van der Waals surface area contributed by atoms with Crippen molar-refractivity contribution in [2.24, 2.45) is 0 Å². The predicted molar refractivity (Wildman–Crippen MR) is 108 cm³/mol. The number of nitrogens with zero attached hydrogens (tertiary/aromatic N) is 2. The lowest BCUT2D eigenvalue weighted by Gasteiger charge is -2.31.